The number of carboxylic acids is 2. The molecule has 0 aliphatic heterocycles. The maximum Gasteiger partial charge on any atom is 1.00 e. The van der Waals surface area contributed by atoms with Crippen molar-refractivity contribution in [1.29, 1.82) is 0 Å². The van der Waals surface area contributed by atoms with Crippen molar-refractivity contribution in [3.63, 3.8) is 0 Å². The summed E-state index contributed by atoms with van der Waals surface area (Å²) >= 11 is 0. The molecule has 0 aromatic carbocycles. The Hall–Kier alpha value is -1.71. The van der Waals surface area contributed by atoms with Crippen molar-refractivity contribution >= 4 is 34.2 Å². The Bertz CT molecular complexity index is 888. The first kappa shape index (κ1) is 65.2. The van der Waals surface area contributed by atoms with E-state index in [0.29, 0.717) is 52.1 Å². The number of aliphatic hydroxyl groups excluding tert-OH is 4. The standard InChI is InChI=1S/C8H12N2O2.C6H10O4.C6H14O2.C5H12O2.C4H12N2O3S.C2H8N2.Na/c11-7-9-5-3-1-2-4-6-10-8-12;7-5(8)3-1-2-4-6(9)10;7-5-3-1-2-4-6-8;1-5(2,3-6)4-7;5-1-2-6-3-4-10(7,8)9;3-1-2-4;/h1-6H2;1-4H2,(H,7,8)(H,9,10);7-8H,1-6H2;6-7H,3-4H2,1-2H3;6H,1-5H2,(H,7,8,9);1-4H2;/q;;;;;;+1/p-1. The van der Waals surface area contributed by atoms with E-state index in [1.165, 1.54) is 12.2 Å². The first-order valence-electron chi connectivity index (χ1n) is 16.7. The van der Waals surface area contributed by atoms with E-state index >= 15 is 0 Å². The SMILES string of the molecule is CC(C)(CO)CO.NCCN.NCCNCCS(=O)(=O)[O-].O=C(O)CCCCC(=O)O.O=C=NCCCCCCN=C=O.OCCCCCCO.[Na+]. The van der Waals surface area contributed by atoms with Gasteiger partial charge in [-0.2, -0.15) is 0 Å². The number of aliphatic carboxylic acids is 2. The fourth-order valence-corrected chi connectivity index (χ4v) is 2.82. The Morgan fingerprint density at radius 1 is 0.673 bits per heavy atom. The molecule has 0 radical (unpaired) electrons. The van der Waals surface area contributed by atoms with Crippen LogP contribution in [0.4, 0.5) is 0 Å². The molecule has 0 spiro atoms. The van der Waals surface area contributed by atoms with Crippen LogP contribution in [0.25, 0.3) is 0 Å². The van der Waals surface area contributed by atoms with Crippen molar-refractivity contribution in [2.24, 2.45) is 32.6 Å². The summed E-state index contributed by atoms with van der Waals surface area (Å²) in [5.74, 6) is -2.11. The van der Waals surface area contributed by atoms with Crippen LogP contribution in [0.1, 0.15) is 90.9 Å². The topological polar surface area (TPSA) is 362 Å². The minimum atomic E-state index is -4.06. The molecule has 0 unspecified atom stereocenters. The van der Waals surface area contributed by atoms with E-state index in [4.69, 9.17) is 47.8 Å². The van der Waals surface area contributed by atoms with Crippen molar-refractivity contribution in [2.75, 3.05) is 78.0 Å². The molecule has 0 amide bonds. The zero-order valence-electron chi connectivity index (χ0n) is 31.5. The Balaban J connectivity index is -0.0000000953. The second-order valence-electron chi connectivity index (χ2n) is 11.1. The van der Waals surface area contributed by atoms with Gasteiger partial charge in [-0.15, -0.1) is 0 Å². The third kappa shape index (κ3) is 97.4. The zero-order valence-corrected chi connectivity index (χ0v) is 34.4. The Morgan fingerprint density at radius 2 is 1.04 bits per heavy atom. The number of unbranched alkanes of at least 4 members (excludes halogenated alkanes) is 7. The van der Waals surface area contributed by atoms with Gasteiger partial charge < -0.3 is 57.7 Å². The van der Waals surface area contributed by atoms with Gasteiger partial charge in [-0.3, -0.25) is 9.59 Å². The van der Waals surface area contributed by atoms with Crippen LogP contribution >= 0.6 is 0 Å². The fraction of sp³-hybridized carbons (Fsp3) is 0.871. The summed E-state index contributed by atoms with van der Waals surface area (Å²) in [7, 11) is -4.06. The Morgan fingerprint density at radius 3 is 1.27 bits per heavy atom. The predicted molar refractivity (Wildman–Crippen MR) is 193 cm³/mol. The maximum absolute atomic E-state index is 9.97. The smallest absolute Gasteiger partial charge is 0.748 e. The number of rotatable bonds is 25. The first-order valence-corrected chi connectivity index (χ1v) is 18.3. The summed E-state index contributed by atoms with van der Waals surface area (Å²) in [5.41, 5.74) is 14.6. The van der Waals surface area contributed by atoms with Gasteiger partial charge in [0.15, 0.2) is 0 Å². The van der Waals surface area contributed by atoms with Gasteiger partial charge in [0.2, 0.25) is 12.2 Å². The van der Waals surface area contributed by atoms with Crippen LogP contribution in [0.2, 0.25) is 0 Å². The van der Waals surface area contributed by atoms with E-state index in [1.807, 2.05) is 0 Å². The third-order valence-corrected chi connectivity index (χ3v) is 6.09. The van der Waals surface area contributed by atoms with E-state index in [1.54, 1.807) is 13.8 Å². The van der Waals surface area contributed by atoms with Crippen LogP contribution in [0, 0.1) is 5.41 Å². The number of carbonyl (C=O) groups excluding carboxylic acids is 2. The number of hydrogen-bond donors (Lipinski definition) is 10. The van der Waals surface area contributed by atoms with E-state index < -0.39 is 22.1 Å². The number of aliphatic hydroxyl groups is 4. The van der Waals surface area contributed by atoms with E-state index in [-0.39, 0.29) is 86.5 Å². The third-order valence-electron chi connectivity index (χ3n) is 5.39. The van der Waals surface area contributed by atoms with Crippen LogP contribution in [-0.2, 0) is 29.3 Å². The monoisotopic (exact) mass is 786 g/mol. The zero-order chi connectivity index (χ0) is 40.7. The number of nitrogens with one attached hydrogen (secondary N) is 1. The maximum atomic E-state index is 9.97. The molecule has 0 aromatic rings. The van der Waals surface area contributed by atoms with E-state index in [9.17, 15) is 32.1 Å². The minimum absolute atomic E-state index is 0. The molecule has 13 N–H and O–H groups in total. The molecule has 0 bridgehead atoms. The summed E-state index contributed by atoms with van der Waals surface area (Å²) in [6.45, 7) is 7.72. The number of carbonyl (C=O) groups is 2. The average molecular weight is 787 g/mol. The molecule has 0 atom stereocenters. The molecule has 21 heteroatoms. The Labute approximate surface area is 332 Å². The van der Waals surface area contributed by atoms with Gasteiger partial charge >= 0.3 is 41.5 Å². The first-order chi connectivity index (χ1) is 24.1. The molecular weight excluding hydrogens is 719 g/mol. The molecule has 0 rings (SSSR count). The van der Waals surface area contributed by atoms with Gasteiger partial charge in [-0.25, -0.2) is 28.0 Å². The molecule has 0 saturated heterocycles. The number of isocyanates is 2. The predicted octanol–water partition coefficient (Wildman–Crippen LogP) is -3.55. The van der Waals surface area contributed by atoms with Crippen LogP contribution in [0.15, 0.2) is 9.98 Å². The number of aliphatic imine (C=N–C) groups is 2. The van der Waals surface area contributed by atoms with E-state index in [0.717, 1.165) is 51.4 Å². The van der Waals surface area contributed by atoms with Crippen LogP contribution in [0.3, 0.4) is 0 Å². The number of nitrogens with zero attached hydrogens (tertiary/aromatic N) is 2. The molecule has 0 aromatic heterocycles. The van der Waals surface area contributed by atoms with Gasteiger partial charge in [0.1, 0.15) is 0 Å². The quantitative estimate of drug-likeness (QED) is 0.0141. The van der Waals surface area contributed by atoms with Crippen molar-refractivity contribution in [3.05, 3.63) is 0 Å². The summed E-state index contributed by atoms with van der Waals surface area (Å²) in [5, 5.41) is 52.4. The molecule has 52 heavy (non-hydrogen) atoms. The molecule has 306 valence electrons. The number of nitrogens with two attached hydrogens (primary N) is 3. The van der Waals surface area contributed by atoms with Crippen molar-refractivity contribution in [1.82, 2.24) is 5.32 Å². The Kier molecular flexibility index (Phi) is 70.3. The molecule has 0 fully saturated rings. The summed E-state index contributed by atoms with van der Waals surface area (Å²) in [4.78, 5) is 45.9. The normalized spacial score (nSPS) is 9.65. The average Bonchev–Trinajstić information content (AvgIpc) is 3.09. The van der Waals surface area contributed by atoms with E-state index in [2.05, 4.69) is 15.3 Å². The van der Waals surface area contributed by atoms with Crippen LogP contribution in [0.5, 0.6) is 0 Å². The molecule has 19 nitrogen and oxygen atoms in total. The molecular formula is C31H67N6NaO13S. The van der Waals surface area contributed by atoms with Gasteiger partial charge in [-0.05, 0) is 38.5 Å². The second kappa shape index (κ2) is 56.0. The summed E-state index contributed by atoms with van der Waals surface area (Å²) in [6, 6.07) is 0. The summed E-state index contributed by atoms with van der Waals surface area (Å²) < 4.78 is 29.9. The largest absolute Gasteiger partial charge is 1.00 e. The van der Waals surface area contributed by atoms with Gasteiger partial charge in [0.05, 0.1) is 42.2 Å². The van der Waals surface area contributed by atoms with Crippen molar-refractivity contribution in [3.8, 4) is 0 Å². The minimum Gasteiger partial charge on any atom is -0.748 e. The molecule has 0 aliphatic carbocycles. The number of carboxylic acid groups (broad SMARTS) is 2. The fourth-order valence-electron chi connectivity index (χ4n) is 2.43. The van der Waals surface area contributed by atoms with Crippen molar-refractivity contribution in [2.45, 2.75) is 90.9 Å². The van der Waals surface area contributed by atoms with Crippen LogP contribution in [-0.4, -0.2) is 146 Å². The van der Waals surface area contributed by atoms with Gasteiger partial charge in [0.25, 0.3) is 0 Å². The summed E-state index contributed by atoms with van der Waals surface area (Å²) in [6.07, 6.45) is 11.6. The van der Waals surface area contributed by atoms with Crippen molar-refractivity contribution < 1.29 is 92.3 Å². The number of hydrogen-bond acceptors (Lipinski definition) is 17. The van der Waals surface area contributed by atoms with Gasteiger partial charge in [-0.1, -0.05) is 39.5 Å². The molecule has 0 heterocycles. The van der Waals surface area contributed by atoms with Crippen LogP contribution < -0.4 is 52.1 Å². The molecule has 0 saturated carbocycles. The second-order valence-corrected chi connectivity index (χ2v) is 12.6. The van der Waals surface area contributed by atoms with Gasteiger partial charge in [0, 0.05) is 64.2 Å². The molecule has 0 aliphatic rings.